The van der Waals surface area contributed by atoms with Gasteiger partial charge in [0, 0.05) is 17.7 Å². The standard InChI is InChI=1S/C27H22ClN3O6S/c1-36-22-13-7-19(8-14-22)29-27(25-5-3-4-6-26(25)28)30(20-9-15-23(37-2)16-10-20)38(34,35)24-17-11-21(12-18-24)31(32)33/h3-18H,1-2H3. The number of halogens is 1. The molecule has 0 aliphatic carbocycles. The van der Waals surface area contributed by atoms with E-state index in [9.17, 15) is 18.5 Å². The van der Waals surface area contributed by atoms with E-state index in [0.717, 1.165) is 16.4 Å². The van der Waals surface area contributed by atoms with Crippen LogP contribution in [0.3, 0.4) is 0 Å². The van der Waals surface area contributed by atoms with Crippen LogP contribution in [0.15, 0.2) is 107 Å². The lowest BCUT2D eigenvalue weighted by Gasteiger charge is -2.27. The van der Waals surface area contributed by atoms with Crippen LogP contribution in [0.4, 0.5) is 17.1 Å². The van der Waals surface area contributed by atoms with Crippen LogP contribution in [0.1, 0.15) is 5.56 Å². The molecule has 9 nitrogen and oxygen atoms in total. The number of ether oxygens (including phenoxy) is 2. The Kier molecular flexibility index (Phi) is 7.94. The highest BCUT2D eigenvalue weighted by atomic mass is 35.5. The van der Waals surface area contributed by atoms with Gasteiger partial charge in [-0.05, 0) is 72.8 Å². The van der Waals surface area contributed by atoms with E-state index in [1.165, 1.54) is 26.4 Å². The van der Waals surface area contributed by atoms with E-state index in [1.54, 1.807) is 72.8 Å². The maximum absolute atomic E-state index is 14.2. The van der Waals surface area contributed by atoms with Gasteiger partial charge in [-0.1, -0.05) is 23.7 Å². The van der Waals surface area contributed by atoms with Crippen LogP contribution in [0.2, 0.25) is 5.02 Å². The van der Waals surface area contributed by atoms with Crippen LogP contribution in [0, 0.1) is 10.1 Å². The highest BCUT2D eigenvalue weighted by Crippen LogP contribution is 2.32. The molecule has 0 unspecified atom stereocenters. The number of amidine groups is 1. The number of aliphatic imine (C=N–C) groups is 1. The summed E-state index contributed by atoms with van der Waals surface area (Å²) in [5.41, 5.74) is 0.805. The molecule has 0 heterocycles. The van der Waals surface area contributed by atoms with E-state index in [2.05, 4.69) is 0 Å². The van der Waals surface area contributed by atoms with Crippen LogP contribution in [-0.4, -0.2) is 33.4 Å². The molecular formula is C27H22ClN3O6S. The van der Waals surface area contributed by atoms with Crippen LogP contribution < -0.4 is 13.8 Å². The summed E-state index contributed by atoms with van der Waals surface area (Å²) < 4.78 is 39.8. The third-order valence-corrected chi connectivity index (χ3v) is 7.57. The number of rotatable bonds is 8. The minimum absolute atomic E-state index is 0.0179. The molecule has 0 atom stereocenters. The SMILES string of the molecule is COc1ccc(N=C(c2ccccc2Cl)N(c2ccc(OC)cc2)S(=O)(=O)c2ccc([N+](=O)[O-])cc2)cc1. The molecule has 0 aliphatic rings. The van der Waals surface area contributed by atoms with Gasteiger partial charge in [-0.3, -0.25) is 10.1 Å². The summed E-state index contributed by atoms with van der Waals surface area (Å²) in [7, 11) is -1.32. The second kappa shape index (κ2) is 11.3. The summed E-state index contributed by atoms with van der Waals surface area (Å²) in [6.07, 6.45) is 0. The summed E-state index contributed by atoms with van der Waals surface area (Å²) in [5.74, 6) is 1.14. The van der Waals surface area contributed by atoms with Crippen molar-refractivity contribution in [1.29, 1.82) is 0 Å². The molecule has 0 fully saturated rings. The third-order valence-electron chi connectivity index (χ3n) is 5.51. The minimum atomic E-state index is -4.36. The van der Waals surface area contributed by atoms with Crippen molar-refractivity contribution >= 4 is 44.5 Å². The second-order valence-electron chi connectivity index (χ2n) is 7.83. The predicted octanol–water partition coefficient (Wildman–Crippen LogP) is 6.24. The number of sulfonamides is 1. The van der Waals surface area contributed by atoms with Crippen LogP contribution in [0.5, 0.6) is 11.5 Å². The van der Waals surface area contributed by atoms with Crippen molar-refractivity contribution in [1.82, 2.24) is 0 Å². The lowest BCUT2D eigenvalue weighted by Crippen LogP contribution is -2.37. The second-order valence-corrected chi connectivity index (χ2v) is 10.0. The van der Waals surface area contributed by atoms with Gasteiger partial charge in [0.2, 0.25) is 0 Å². The van der Waals surface area contributed by atoms with Gasteiger partial charge in [0.25, 0.3) is 15.7 Å². The quantitative estimate of drug-likeness (QED) is 0.111. The zero-order chi connectivity index (χ0) is 27.3. The van der Waals surface area contributed by atoms with E-state index in [4.69, 9.17) is 26.1 Å². The molecule has 0 bridgehead atoms. The first-order valence-corrected chi connectivity index (χ1v) is 13.0. The molecule has 0 saturated carbocycles. The summed E-state index contributed by atoms with van der Waals surface area (Å²) >= 11 is 6.55. The molecule has 0 radical (unpaired) electrons. The van der Waals surface area contributed by atoms with Gasteiger partial charge in [-0.2, -0.15) is 0 Å². The monoisotopic (exact) mass is 551 g/mol. The normalized spacial score (nSPS) is 11.6. The van der Waals surface area contributed by atoms with Gasteiger partial charge >= 0.3 is 0 Å². The number of nitro groups is 1. The Morgan fingerprint density at radius 3 is 1.92 bits per heavy atom. The van der Waals surface area contributed by atoms with Crippen molar-refractivity contribution in [2.45, 2.75) is 4.90 Å². The third kappa shape index (κ3) is 5.61. The van der Waals surface area contributed by atoms with Crippen molar-refractivity contribution < 1.29 is 22.8 Å². The van der Waals surface area contributed by atoms with E-state index in [1.807, 2.05) is 0 Å². The fraction of sp³-hybridized carbons (Fsp3) is 0.0741. The van der Waals surface area contributed by atoms with Crippen molar-refractivity contribution in [3.05, 3.63) is 118 Å². The van der Waals surface area contributed by atoms with Crippen LogP contribution in [0.25, 0.3) is 0 Å². The average molecular weight is 552 g/mol. The Bertz CT molecular complexity index is 1570. The number of methoxy groups -OCH3 is 2. The summed E-state index contributed by atoms with van der Waals surface area (Å²) in [6.45, 7) is 0. The number of nitrogens with zero attached hydrogens (tertiary/aromatic N) is 3. The zero-order valence-corrected chi connectivity index (χ0v) is 21.9. The first-order valence-electron chi connectivity index (χ1n) is 11.2. The van der Waals surface area contributed by atoms with Crippen molar-refractivity contribution in [2.75, 3.05) is 18.5 Å². The van der Waals surface area contributed by atoms with Gasteiger partial charge in [-0.15, -0.1) is 0 Å². The first-order chi connectivity index (χ1) is 18.2. The first kappa shape index (κ1) is 26.6. The average Bonchev–Trinajstić information content (AvgIpc) is 2.93. The fourth-order valence-corrected chi connectivity index (χ4v) is 5.25. The Balaban J connectivity index is 1.99. The predicted molar refractivity (Wildman–Crippen MR) is 146 cm³/mol. The van der Waals surface area contributed by atoms with Gasteiger partial charge in [0.1, 0.15) is 11.5 Å². The maximum atomic E-state index is 14.2. The van der Waals surface area contributed by atoms with Gasteiger partial charge in [-0.25, -0.2) is 17.7 Å². The van der Waals surface area contributed by atoms with E-state index in [-0.39, 0.29) is 27.1 Å². The number of hydrogen-bond acceptors (Lipinski definition) is 7. The summed E-state index contributed by atoms with van der Waals surface area (Å²) in [5, 5.41) is 11.4. The van der Waals surface area contributed by atoms with Gasteiger partial charge in [0.05, 0.1) is 40.4 Å². The molecule has 4 aromatic carbocycles. The van der Waals surface area contributed by atoms with E-state index >= 15 is 0 Å². The van der Waals surface area contributed by atoms with Gasteiger partial charge in [0.15, 0.2) is 5.84 Å². The molecule has 0 amide bonds. The highest BCUT2D eigenvalue weighted by molar-refractivity contribution is 7.93. The van der Waals surface area contributed by atoms with Crippen LogP contribution >= 0.6 is 11.6 Å². The molecular weight excluding hydrogens is 530 g/mol. The van der Waals surface area contributed by atoms with E-state index < -0.39 is 14.9 Å². The number of anilines is 1. The fourth-order valence-electron chi connectivity index (χ4n) is 3.57. The molecule has 11 heteroatoms. The molecule has 0 spiro atoms. The zero-order valence-electron chi connectivity index (χ0n) is 20.3. The van der Waals surface area contributed by atoms with Crippen molar-refractivity contribution in [3.63, 3.8) is 0 Å². The number of hydrogen-bond donors (Lipinski definition) is 0. The van der Waals surface area contributed by atoms with Crippen LogP contribution in [-0.2, 0) is 10.0 Å². The molecule has 0 aromatic heterocycles. The molecule has 38 heavy (non-hydrogen) atoms. The number of non-ortho nitro benzene ring substituents is 1. The van der Waals surface area contributed by atoms with Gasteiger partial charge < -0.3 is 9.47 Å². The lowest BCUT2D eigenvalue weighted by atomic mass is 10.2. The van der Waals surface area contributed by atoms with E-state index in [0.29, 0.717) is 22.7 Å². The molecule has 0 aliphatic heterocycles. The maximum Gasteiger partial charge on any atom is 0.269 e. The number of nitro benzene ring substituents is 1. The molecule has 0 N–H and O–H groups in total. The topological polar surface area (TPSA) is 111 Å². The Morgan fingerprint density at radius 2 is 1.39 bits per heavy atom. The Labute approximate surface area is 224 Å². The molecule has 4 aromatic rings. The van der Waals surface area contributed by atoms with Crippen molar-refractivity contribution in [2.24, 2.45) is 4.99 Å². The number of benzene rings is 4. The Hall–Kier alpha value is -4.41. The highest BCUT2D eigenvalue weighted by Gasteiger charge is 2.32. The minimum Gasteiger partial charge on any atom is -0.497 e. The molecule has 194 valence electrons. The molecule has 0 saturated heterocycles. The Morgan fingerprint density at radius 1 is 0.842 bits per heavy atom. The summed E-state index contributed by atoms with van der Waals surface area (Å²) in [4.78, 5) is 15.1. The largest absolute Gasteiger partial charge is 0.497 e. The summed E-state index contributed by atoms with van der Waals surface area (Å²) in [6, 6.07) is 24.5. The molecule has 4 rings (SSSR count). The lowest BCUT2D eigenvalue weighted by molar-refractivity contribution is -0.384. The smallest absolute Gasteiger partial charge is 0.269 e. The van der Waals surface area contributed by atoms with Crippen molar-refractivity contribution in [3.8, 4) is 11.5 Å².